The van der Waals surface area contributed by atoms with Crippen molar-refractivity contribution >= 4 is 17.9 Å². The minimum Gasteiger partial charge on any atom is -0.462 e. The van der Waals surface area contributed by atoms with Crippen LogP contribution in [-0.4, -0.2) is 37.2 Å². The molecule has 0 bridgehead atoms. The van der Waals surface area contributed by atoms with E-state index in [2.05, 4.69) is 75.5 Å². The van der Waals surface area contributed by atoms with Crippen LogP contribution in [0.25, 0.3) is 0 Å². The Labute approximate surface area is 342 Å². The molecule has 0 aliphatic carbocycles. The van der Waals surface area contributed by atoms with Gasteiger partial charge in [0, 0.05) is 19.3 Å². The zero-order valence-electron chi connectivity index (χ0n) is 35.6. The largest absolute Gasteiger partial charge is 0.462 e. The monoisotopic (exact) mass is 775 g/mol. The van der Waals surface area contributed by atoms with Crippen LogP contribution >= 0.6 is 0 Å². The fraction of sp³-hybridized carbons (Fsp3) is 0.580. The number of unbranched alkanes of at least 4 members (excludes halogenated alkanes) is 13. The van der Waals surface area contributed by atoms with Gasteiger partial charge in [-0.2, -0.15) is 0 Å². The lowest BCUT2D eigenvalue weighted by Gasteiger charge is -2.18. The molecule has 0 aliphatic heterocycles. The molecule has 6 heteroatoms. The zero-order valence-corrected chi connectivity index (χ0v) is 35.6. The summed E-state index contributed by atoms with van der Waals surface area (Å²) >= 11 is 0. The summed E-state index contributed by atoms with van der Waals surface area (Å²) in [6, 6.07) is 0. The predicted molar refractivity (Wildman–Crippen MR) is 237 cm³/mol. The van der Waals surface area contributed by atoms with Crippen LogP contribution in [0.1, 0.15) is 168 Å². The maximum absolute atomic E-state index is 12.7. The van der Waals surface area contributed by atoms with Crippen molar-refractivity contribution in [2.24, 2.45) is 0 Å². The Morgan fingerprint density at radius 1 is 0.393 bits per heavy atom. The van der Waals surface area contributed by atoms with Crippen LogP contribution in [0.15, 0.2) is 109 Å². The molecule has 0 saturated heterocycles. The molecule has 0 rings (SSSR count). The highest BCUT2D eigenvalue weighted by Gasteiger charge is 2.19. The smallest absolute Gasteiger partial charge is 0.306 e. The van der Waals surface area contributed by atoms with Gasteiger partial charge in [-0.25, -0.2) is 0 Å². The normalized spacial score (nSPS) is 13.1. The first-order valence-corrected chi connectivity index (χ1v) is 22.0. The number of allylic oxidation sites excluding steroid dienone is 18. The molecule has 0 radical (unpaired) electrons. The van der Waals surface area contributed by atoms with Crippen LogP contribution in [0.5, 0.6) is 0 Å². The number of carbonyl (C=O) groups is 3. The lowest BCUT2D eigenvalue weighted by Crippen LogP contribution is -2.30. The zero-order chi connectivity index (χ0) is 40.8. The molecule has 0 heterocycles. The van der Waals surface area contributed by atoms with Gasteiger partial charge in [-0.05, 0) is 77.0 Å². The van der Waals surface area contributed by atoms with Crippen molar-refractivity contribution in [3.63, 3.8) is 0 Å². The van der Waals surface area contributed by atoms with Gasteiger partial charge >= 0.3 is 17.9 Å². The Morgan fingerprint density at radius 2 is 0.804 bits per heavy atom. The van der Waals surface area contributed by atoms with E-state index in [1.807, 2.05) is 54.7 Å². The summed E-state index contributed by atoms with van der Waals surface area (Å²) in [7, 11) is 0. The van der Waals surface area contributed by atoms with Crippen LogP contribution in [0.4, 0.5) is 0 Å². The summed E-state index contributed by atoms with van der Waals surface area (Å²) in [5.74, 6) is -1.05. The Hall–Kier alpha value is -3.93. The molecular weight excluding hydrogens is 697 g/mol. The fourth-order valence-electron chi connectivity index (χ4n) is 5.37. The molecule has 314 valence electrons. The lowest BCUT2D eigenvalue weighted by atomic mass is 10.1. The van der Waals surface area contributed by atoms with Gasteiger partial charge in [0.2, 0.25) is 0 Å². The Bertz CT molecular complexity index is 1210. The Balaban J connectivity index is 4.57. The third kappa shape index (κ3) is 41.2. The minimum atomic E-state index is -0.828. The van der Waals surface area contributed by atoms with E-state index in [1.165, 1.54) is 38.5 Å². The maximum Gasteiger partial charge on any atom is 0.306 e. The van der Waals surface area contributed by atoms with E-state index in [9.17, 15) is 14.4 Å². The number of esters is 3. The molecule has 0 aromatic carbocycles. The summed E-state index contributed by atoms with van der Waals surface area (Å²) in [6.07, 6.45) is 57.9. The number of hydrogen-bond acceptors (Lipinski definition) is 6. The average Bonchev–Trinajstić information content (AvgIpc) is 3.19. The average molecular weight is 775 g/mol. The molecule has 0 aliphatic rings. The van der Waals surface area contributed by atoms with Crippen molar-refractivity contribution in [2.45, 2.75) is 175 Å². The highest BCUT2D eigenvalue weighted by atomic mass is 16.6. The van der Waals surface area contributed by atoms with Gasteiger partial charge in [0.15, 0.2) is 6.10 Å². The van der Waals surface area contributed by atoms with Crippen LogP contribution in [0.3, 0.4) is 0 Å². The van der Waals surface area contributed by atoms with Gasteiger partial charge in [-0.15, -0.1) is 0 Å². The number of ether oxygens (including phenoxy) is 3. The van der Waals surface area contributed by atoms with Gasteiger partial charge < -0.3 is 14.2 Å². The van der Waals surface area contributed by atoms with Crippen LogP contribution in [-0.2, 0) is 28.6 Å². The van der Waals surface area contributed by atoms with Gasteiger partial charge in [0.25, 0.3) is 0 Å². The quantitative estimate of drug-likeness (QED) is 0.0206. The van der Waals surface area contributed by atoms with E-state index in [1.54, 1.807) is 0 Å². The van der Waals surface area contributed by atoms with Crippen molar-refractivity contribution in [1.82, 2.24) is 0 Å². The first kappa shape index (κ1) is 52.1. The predicted octanol–water partition coefficient (Wildman–Crippen LogP) is 14.0. The first-order chi connectivity index (χ1) is 27.5. The SMILES string of the molecule is CC\C=C/C=C\C=C/C=C\C=C/CCCC(=O)OC(COC(=O)CCCCC/C=C\C=C/CCCC)COC(=O)CCCCCCCCC/C=C\C/C=C\CC. The van der Waals surface area contributed by atoms with Crippen LogP contribution in [0, 0.1) is 0 Å². The molecule has 0 fully saturated rings. The van der Waals surface area contributed by atoms with E-state index in [4.69, 9.17) is 14.2 Å². The molecule has 0 aromatic rings. The number of rotatable bonds is 37. The van der Waals surface area contributed by atoms with Gasteiger partial charge in [0.1, 0.15) is 13.2 Å². The number of carbonyl (C=O) groups excluding carboxylic acids is 3. The van der Waals surface area contributed by atoms with Crippen LogP contribution < -0.4 is 0 Å². The molecular formula is C50H78O6. The summed E-state index contributed by atoms with van der Waals surface area (Å²) in [4.78, 5) is 37.7. The summed E-state index contributed by atoms with van der Waals surface area (Å²) < 4.78 is 16.6. The Morgan fingerprint density at radius 3 is 1.38 bits per heavy atom. The third-order valence-corrected chi connectivity index (χ3v) is 8.65. The van der Waals surface area contributed by atoms with Crippen molar-refractivity contribution in [3.05, 3.63) is 109 Å². The number of hydrogen-bond donors (Lipinski definition) is 0. The molecule has 0 saturated carbocycles. The molecule has 0 spiro atoms. The maximum atomic E-state index is 12.7. The second-order valence-corrected chi connectivity index (χ2v) is 14.0. The molecule has 1 unspecified atom stereocenters. The highest BCUT2D eigenvalue weighted by Crippen LogP contribution is 2.12. The molecule has 0 N–H and O–H groups in total. The topological polar surface area (TPSA) is 78.9 Å². The van der Waals surface area contributed by atoms with Crippen molar-refractivity contribution in [1.29, 1.82) is 0 Å². The third-order valence-electron chi connectivity index (χ3n) is 8.65. The molecule has 56 heavy (non-hydrogen) atoms. The fourth-order valence-corrected chi connectivity index (χ4v) is 5.37. The van der Waals surface area contributed by atoms with Gasteiger partial charge in [-0.3, -0.25) is 14.4 Å². The van der Waals surface area contributed by atoms with E-state index in [0.717, 1.165) is 83.5 Å². The standard InChI is InChI=1S/C50H78O6/c1-4-7-10-13-16-19-22-24-26-28-31-34-37-40-43-49(52)55-46-47(45-54-48(51)42-39-36-33-30-27-21-18-15-12-9-6-3)56-50(53)44-41-38-35-32-29-25-23-20-17-14-11-8-5-2/h7-8,10-11,14-21,23,25,27,29,32,35,47H,4-6,9,12-13,22,24,26,28,30-31,33-34,36-46H2,1-3H3/b10-7-,11-8-,17-14-,18-15-,19-16-,23-20-,27-21-,29-25-,35-32-. The van der Waals surface area contributed by atoms with E-state index in [0.29, 0.717) is 19.3 Å². The van der Waals surface area contributed by atoms with Crippen molar-refractivity contribution in [3.8, 4) is 0 Å². The van der Waals surface area contributed by atoms with E-state index < -0.39 is 12.1 Å². The van der Waals surface area contributed by atoms with Gasteiger partial charge in [-0.1, -0.05) is 182 Å². The lowest BCUT2D eigenvalue weighted by molar-refractivity contribution is -0.167. The second kappa shape index (κ2) is 43.8. The molecule has 6 nitrogen and oxygen atoms in total. The first-order valence-electron chi connectivity index (χ1n) is 22.0. The van der Waals surface area contributed by atoms with Gasteiger partial charge in [0.05, 0.1) is 0 Å². The Kier molecular flexibility index (Phi) is 40.7. The van der Waals surface area contributed by atoms with Crippen molar-refractivity contribution < 1.29 is 28.6 Å². The second-order valence-electron chi connectivity index (χ2n) is 14.0. The summed E-state index contributed by atoms with van der Waals surface area (Å²) in [5, 5.41) is 0. The molecule has 0 aromatic heterocycles. The summed E-state index contributed by atoms with van der Waals surface area (Å²) in [6.45, 7) is 6.20. The highest BCUT2D eigenvalue weighted by molar-refractivity contribution is 5.71. The summed E-state index contributed by atoms with van der Waals surface area (Å²) in [5.41, 5.74) is 0. The minimum absolute atomic E-state index is 0.122. The van der Waals surface area contributed by atoms with Crippen LogP contribution in [0.2, 0.25) is 0 Å². The molecule has 0 amide bonds. The molecule has 1 atom stereocenters. The van der Waals surface area contributed by atoms with Crippen molar-refractivity contribution in [2.75, 3.05) is 13.2 Å². The van der Waals surface area contributed by atoms with E-state index >= 15 is 0 Å². The van der Waals surface area contributed by atoms with E-state index in [-0.39, 0.29) is 31.6 Å².